The van der Waals surface area contributed by atoms with Gasteiger partial charge in [0.2, 0.25) is 35.4 Å². The molecule has 0 spiro atoms. The zero-order valence-electron chi connectivity index (χ0n) is 25.2. The highest BCUT2D eigenvalue weighted by molar-refractivity contribution is 5.99. The summed E-state index contributed by atoms with van der Waals surface area (Å²) in [6.45, 7) is 2.49. The smallest absolute Gasteiger partial charge is 0.305 e. The lowest BCUT2D eigenvalue weighted by molar-refractivity contribution is -0.146. The van der Waals surface area contributed by atoms with Crippen LogP contribution in [0.2, 0.25) is 0 Å². The van der Waals surface area contributed by atoms with E-state index in [4.69, 9.17) is 0 Å². The third-order valence-electron chi connectivity index (χ3n) is 7.57. The number of amides is 6. The van der Waals surface area contributed by atoms with Crippen LogP contribution in [0, 0.1) is 0 Å². The summed E-state index contributed by atoms with van der Waals surface area (Å²) < 4.78 is 0. The number of carboxylic acid groups (broad SMARTS) is 2. The molecule has 46 heavy (non-hydrogen) atoms. The van der Waals surface area contributed by atoms with Gasteiger partial charge in [0, 0.05) is 13.0 Å². The first kappa shape index (κ1) is 35.4. The van der Waals surface area contributed by atoms with E-state index in [0.717, 1.165) is 11.8 Å². The summed E-state index contributed by atoms with van der Waals surface area (Å²) >= 11 is 0. The molecule has 1 aromatic rings. The van der Waals surface area contributed by atoms with Gasteiger partial charge < -0.3 is 46.8 Å². The Balaban J connectivity index is 2.04. The molecule has 2 saturated heterocycles. The van der Waals surface area contributed by atoms with E-state index in [-0.39, 0.29) is 19.4 Å². The van der Waals surface area contributed by atoms with E-state index >= 15 is 0 Å². The minimum Gasteiger partial charge on any atom is -0.481 e. The number of hydrogen-bond acceptors (Lipinski definition) is 9. The van der Waals surface area contributed by atoms with Crippen molar-refractivity contribution in [2.24, 2.45) is 0 Å². The summed E-state index contributed by atoms with van der Waals surface area (Å²) in [5.74, 6) is -8.74. The molecule has 17 nitrogen and oxygen atoms in total. The van der Waals surface area contributed by atoms with Crippen molar-refractivity contribution in [2.75, 3.05) is 6.54 Å². The number of carboxylic acids is 2. The van der Waals surface area contributed by atoms with Crippen LogP contribution in [0.25, 0.3) is 0 Å². The second kappa shape index (κ2) is 15.8. The minimum atomic E-state index is -1.82. The third-order valence-corrected chi connectivity index (χ3v) is 7.57. The fraction of sp³-hybridized carbons (Fsp3) is 0.517. The van der Waals surface area contributed by atoms with Crippen LogP contribution >= 0.6 is 0 Å². The summed E-state index contributed by atoms with van der Waals surface area (Å²) in [6, 6.07) is -0.566. The molecule has 2 aliphatic heterocycles. The van der Waals surface area contributed by atoms with Crippen molar-refractivity contribution in [3.05, 3.63) is 35.9 Å². The topological polar surface area (TPSA) is 261 Å². The predicted octanol–water partition coefficient (Wildman–Crippen LogP) is -2.99. The molecule has 8 N–H and O–H groups in total. The molecular formula is C29H38N6O11. The Kier molecular flexibility index (Phi) is 12.2. The van der Waals surface area contributed by atoms with E-state index in [1.54, 1.807) is 30.3 Å². The number of nitrogens with one attached hydrogen (secondary N) is 5. The van der Waals surface area contributed by atoms with Gasteiger partial charge in [0.1, 0.15) is 36.3 Å². The standard InChI is InChI=1S/C29H38N6O11/c1-14-24(41)31-17(11-16-7-4-3-5-8-16)25(42)32-18(12-21(37)38)26(43)34-23(15(2)36)28(45)33-19(13-22(39)40)29(46)35-10-6-9-20(35)27(44)30-14/h3-5,7-8,14-15,17-20,23,36H,6,9-13H2,1-2H3,(H,30,44)(H,31,41)(H,32,42)(H,33,45)(H,34,43)(H,37,38)(H,39,40)/t14-,15-,17+,18-,19-,20-,23+/m1/s1. The van der Waals surface area contributed by atoms with Gasteiger partial charge in [-0.15, -0.1) is 0 Å². The molecule has 2 aliphatic rings. The molecule has 250 valence electrons. The molecule has 3 rings (SSSR count). The monoisotopic (exact) mass is 646 g/mol. The van der Waals surface area contributed by atoms with Gasteiger partial charge in [0.25, 0.3) is 0 Å². The molecule has 0 aliphatic carbocycles. The number of aliphatic hydroxyl groups is 1. The number of fused-ring (bicyclic) bond motifs is 1. The van der Waals surface area contributed by atoms with Gasteiger partial charge in [0.05, 0.1) is 18.9 Å². The first-order valence-electron chi connectivity index (χ1n) is 14.7. The van der Waals surface area contributed by atoms with Gasteiger partial charge in [0.15, 0.2) is 0 Å². The van der Waals surface area contributed by atoms with Crippen molar-refractivity contribution in [2.45, 2.75) is 88.3 Å². The van der Waals surface area contributed by atoms with Gasteiger partial charge in [-0.05, 0) is 32.3 Å². The highest BCUT2D eigenvalue weighted by atomic mass is 16.4. The Morgan fingerprint density at radius 2 is 1.35 bits per heavy atom. The summed E-state index contributed by atoms with van der Waals surface area (Å²) in [6.07, 6.45) is -3.05. The van der Waals surface area contributed by atoms with Crippen molar-refractivity contribution in [1.29, 1.82) is 0 Å². The largest absolute Gasteiger partial charge is 0.481 e. The van der Waals surface area contributed by atoms with Crippen molar-refractivity contribution in [3.63, 3.8) is 0 Å². The van der Waals surface area contributed by atoms with E-state index in [1.165, 1.54) is 6.92 Å². The van der Waals surface area contributed by atoms with Crippen molar-refractivity contribution >= 4 is 47.4 Å². The highest BCUT2D eigenvalue weighted by Crippen LogP contribution is 2.20. The Morgan fingerprint density at radius 1 is 0.783 bits per heavy atom. The number of carbonyl (C=O) groups excluding carboxylic acids is 6. The summed E-state index contributed by atoms with van der Waals surface area (Å²) in [4.78, 5) is 104. The Morgan fingerprint density at radius 3 is 1.96 bits per heavy atom. The maximum Gasteiger partial charge on any atom is 0.305 e. The van der Waals surface area contributed by atoms with Crippen LogP contribution in [-0.4, -0.2) is 117 Å². The predicted molar refractivity (Wildman–Crippen MR) is 156 cm³/mol. The van der Waals surface area contributed by atoms with E-state index in [2.05, 4.69) is 26.6 Å². The van der Waals surface area contributed by atoms with Gasteiger partial charge in [-0.2, -0.15) is 0 Å². The van der Waals surface area contributed by atoms with Crippen LogP contribution < -0.4 is 26.6 Å². The fourth-order valence-electron chi connectivity index (χ4n) is 5.19. The Hall–Kier alpha value is -5.06. The number of aliphatic hydroxyl groups excluding tert-OH is 1. The third kappa shape index (κ3) is 9.47. The van der Waals surface area contributed by atoms with Gasteiger partial charge in [-0.1, -0.05) is 30.3 Å². The van der Waals surface area contributed by atoms with Gasteiger partial charge in [-0.3, -0.25) is 38.4 Å². The molecule has 0 aromatic heterocycles. The molecule has 7 atom stereocenters. The quantitative estimate of drug-likeness (QED) is 0.148. The average Bonchev–Trinajstić information content (AvgIpc) is 3.48. The Labute approximate surface area is 263 Å². The average molecular weight is 647 g/mol. The molecule has 6 amide bonds. The molecule has 2 fully saturated rings. The lowest BCUT2D eigenvalue weighted by Gasteiger charge is -2.31. The van der Waals surface area contributed by atoms with E-state index in [9.17, 15) is 53.7 Å². The second-order valence-electron chi connectivity index (χ2n) is 11.2. The molecule has 17 heteroatoms. The molecule has 2 heterocycles. The van der Waals surface area contributed by atoms with E-state index in [1.807, 2.05) is 0 Å². The maximum atomic E-state index is 13.5. The van der Waals surface area contributed by atoms with Crippen LogP contribution in [-0.2, 0) is 44.8 Å². The second-order valence-corrected chi connectivity index (χ2v) is 11.2. The van der Waals surface area contributed by atoms with Crippen LogP contribution in [0.5, 0.6) is 0 Å². The molecule has 0 bridgehead atoms. The summed E-state index contributed by atoms with van der Waals surface area (Å²) in [7, 11) is 0. The van der Waals surface area contributed by atoms with E-state index < -0.39 is 103 Å². The van der Waals surface area contributed by atoms with Crippen molar-refractivity contribution < 1.29 is 53.7 Å². The van der Waals surface area contributed by atoms with Crippen LogP contribution in [0.4, 0.5) is 0 Å². The first-order valence-corrected chi connectivity index (χ1v) is 14.7. The number of benzene rings is 1. The summed E-state index contributed by atoms with van der Waals surface area (Å²) in [5.41, 5.74) is 0.600. The van der Waals surface area contributed by atoms with Gasteiger partial charge >= 0.3 is 11.9 Å². The molecule has 1 aromatic carbocycles. The first-order chi connectivity index (χ1) is 21.7. The summed E-state index contributed by atoms with van der Waals surface area (Å²) in [5, 5.41) is 40.9. The normalized spacial score (nSPS) is 27.5. The van der Waals surface area contributed by atoms with Crippen molar-refractivity contribution in [3.8, 4) is 0 Å². The SMILES string of the molecule is C[C@H]1NC(=O)[C@H]2CCCN2C(=O)[C@@H](CC(=O)O)NC(=O)[C@H]([C@@H](C)O)NC(=O)[C@@H](CC(=O)O)NC(=O)[C@H](Cc2ccccc2)NC1=O. The molecule has 0 radical (unpaired) electrons. The van der Waals surface area contributed by atoms with Crippen molar-refractivity contribution in [1.82, 2.24) is 31.5 Å². The van der Waals surface area contributed by atoms with Crippen LogP contribution in [0.15, 0.2) is 30.3 Å². The maximum absolute atomic E-state index is 13.5. The number of hydrogen-bond donors (Lipinski definition) is 8. The number of carbonyl (C=O) groups is 8. The number of nitrogens with zero attached hydrogens (tertiary/aromatic N) is 1. The molecule has 0 saturated carbocycles. The van der Waals surface area contributed by atoms with Crippen LogP contribution in [0.3, 0.4) is 0 Å². The minimum absolute atomic E-state index is 0.0379. The lowest BCUT2D eigenvalue weighted by atomic mass is 10.0. The number of rotatable bonds is 7. The van der Waals surface area contributed by atoms with Crippen LogP contribution in [0.1, 0.15) is 45.1 Å². The number of aliphatic carboxylic acids is 2. The molecular weight excluding hydrogens is 608 g/mol. The Bertz CT molecular complexity index is 1350. The highest BCUT2D eigenvalue weighted by Gasteiger charge is 2.41. The van der Waals surface area contributed by atoms with E-state index in [0.29, 0.717) is 12.0 Å². The zero-order chi connectivity index (χ0) is 34.1. The molecule has 0 unspecified atom stereocenters. The lowest BCUT2D eigenvalue weighted by Crippen LogP contribution is -2.63. The van der Waals surface area contributed by atoms with Gasteiger partial charge in [-0.25, -0.2) is 0 Å². The fourth-order valence-corrected chi connectivity index (χ4v) is 5.19. The zero-order valence-corrected chi connectivity index (χ0v) is 25.2.